The van der Waals surface area contributed by atoms with Gasteiger partial charge in [-0.25, -0.2) is 9.97 Å². The molecule has 1 saturated carbocycles. The molecule has 0 spiro atoms. The van der Waals surface area contributed by atoms with Gasteiger partial charge in [0.25, 0.3) is 0 Å². The summed E-state index contributed by atoms with van der Waals surface area (Å²) in [5, 5.41) is 4.78. The number of aromatic nitrogens is 2. The second-order valence-corrected chi connectivity index (χ2v) is 8.23. The lowest BCUT2D eigenvalue weighted by atomic mass is 9.96. The molecule has 1 aromatic heterocycles. The lowest BCUT2D eigenvalue weighted by Gasteiger charge is -2.22. The highest BCUT2D eigenvalue weighted by Crippen LogP contribution is 2.32. The maximum absolute atomic E-state index is 6.14. The lowest BCUT2D eigenvalue weighted by Crippen LogP contribution is -2.27. The lowest BCUT2D eigenvalue weighted by molar-refractivity contribution is 0.545. The SMILES string of the molecule is CCSC1CCCC1Nc1cc(Cl)nc(C(C)(C)C)n1. The first-order chi connectivity index (χ1) is 9.40. The van der Waals surface area contributed by atoms with Crippen molar-refractivity contribution in [1.82, 2.24) is 9.97 Å². The molecule has 1 heterocycles. The monoisotopic (exact) mass is 313 g/mol. The molecule has 0 bridgehead atoms. The number of nitrogens with one attached hydrogen (secondary N) is 1. The van der Waals surface area contributed by atoms with Gasteiger partial charge in [0.2, 0.25) is 0 Å². The number of thioether (sulfide) groups is 1. The standard InChI is InChI=1S/C15H24ClN3S/c1-5-20-11-8-6-7-10(11)17-13-9-12(16)18-14(19-13)15(2,3)4/h9-11H,5-8H2,1-4H3,(H,17,18,19). The third-order valence-corrected chi connectivity index (χ3v) is 5.05. The van der Waals surface area contributed by atoms with E-state index >= 15 is 0 Å². The van der Waals surface area contributed by atoms with Crippen molar-refractivity contribution in [2.45, 2.75) is 63.7 Å². The van der Waals surface area contributed by atoms with E-state index in [2.05, 4.69) is 43.0 Å². The Labute approximate surface area is 131 Å². The molecular formula is C15H24ClN3S. The number of nitrogens with zero attached hydrogens (tertiary/aromatic N) is 2. The predicted molar refractivity (Wildman–Crippen MR) is 88.9 cm³/mol. The van der Waals surface area contributed by atoms with Crippen LogP contribution in [0.1, 0.15) is 52.8 Å². The van der Waals surface area contributed by atoms with Gasteiger partial charge in [-0.2, -0.15) is 11.8 Å². The molecule has 1 fully saturated rings. The van der Waals surface area contributed by atoms with Gasteiger partial charge in [-0.1, -0.05) is 45.7 Å². The minimum Gasteiger partial charge on any atom is -0.366 e. The molecule has 2 rings (SSSR count). The summed E-state index contributed by atoms with van der Waals surface area (Å²) in [5.41, 5.74) is -0.0887. The molecule has 1 N–H and O–H groups in total. The summed E-state index contributed by atoms with van der Waals surface area (Å²) < 4.78 is 0. The Bertz CT molecular complexity index is 459. The van der Waals surface area contributed by atoms with Gasteiger partial charge in [0.05, 0.1) is 0 Å². The fourth-order valence-electron chi connectivity index (χ4n) is 2.52. The first-order valence-corrected chi connectivity index (χ1v) is 8.76. The molecule has 2 atom stereocenters. The fourth-order valence-corrected chi connectivity index (χ4v) is 3.90. The zero-order valence-electron chi connectivity index (χ0n) is 12.7. The Morgan fingerprint density at radius 1 is 1.35 bits per heavy atom. The summed E-state index contributed by atoms with van der Waals surface area (Å²) in [6.45, 7) is 8.54. The van der Waals surface area contributed by atoms with Crippen LogP contribution in [-0.4, -0.2) is 27.0 Å². The average Bonchev–Trinajstić information content (AvgIpc) is 2.75. The van der Waals surface area contributed by atoms with Gasteiger partial charge in [-0.15, -0.1) is 0 Å². The smallest absolute Gasteiger partial charge is 0.137 e. The number of hydrogen-bond acceptors (Lipinski definition) is 4. The maximum atomic E-state index is 6.14. The van der Waals surface area contributed by atoms with Crippen LogP contribution in [0.5, 0.6) is 0 Å². The van der Waals surface area contributed by atoms with E-state index in [1.165, 1.54) is 25.0 Å². The molecule has 1 aliphatic carbocycles. The van der Waals surface area contributed by atoms with E-state index in [1.807, 2.05) is 17.8 Å². The Balaban J connectivity index is 2.15. The van der Waals surface area contributed by atoms with Crippen LogP contribution in [0, 0.1) is 0 Å². The predicted octanol–water partition coefficient (Wildman–Crippen LogP) is 4.51. The molecule has 1 aromatic rings. The largest absolute Gasteiger partial charge is 0.366 e. The minimum absolute atomic E-state index is 0.0887. The highest BCUT2D eigenvalue weighted by molar-refractivity contribution is 7.99. The molecule has 112 valence electrons. The van der Waals surface area contributed by atoms with Crippen LogP contribution in [0.3, 0.4) is 0 Å². The van der Waals surface area contributed by atoms with Gasteiger partial charge in [0.15, 0.2) is 0 Å². The van der Waals surface area contributed by atoms with Crippen molar-refractivity contribution in [2.24, 2.45) is 0 Å². The molecule has 20 heavy (non-hydrogen) atoms. The molecule has 0 amide bonds. The minimum atomic E-state index is -0.0887. The van der Waals surface area contributed by atoms with Gasteiger partial charge < -0.3 is 5.32 Å². The first kappa shape index (κ1) is 15.9. The number of hydrogen-bond donors (Lipinski definition) is 1. The second-order valence-electron chi connectivity index (χ2n) is 6.33. The molecule has 0 saturated heterocycles. The quantitative estimate of drug-likeness (QED) is 0.830. The van der Waals surface area contributed by atoms with Crippen molar-refractivity contribution in [3.05, 3.63) is 17.0 Å². The Kier molecular flexibility index (Phi) is 5.19. The van der Waals surface area contributed by atoms with Crippen LogP contribution in [-0.2, 0) is 5.41 Å². The Hall–Kier alpha value is -0.480. The van der Waals surface area contributed by atoms with Crippen molar-refractivity contribution in [3.63, 3.8) is 0 Å². The molecule has 2 unspecified atom stereocenters. The molecule has 5 heteroatoms. The normalized spacial score (nSPS) is 23.1. The average molecular weight is 314 g/mol. The van der Waals surface area contributed by atoms with Gasteiger partial charge in [0.1, 0.15) is 16.8 Å². The van der Waals surface area contributed by atoms with E-state index in [0.29, 0.717) is 16.4 Å². The zero-order valence-corrected chi connectivity index (χ0v) is 14.3. The number of halogens is 1. The van der Waals surface area contributed by atoms with Gasteiger partial charge in [0, 0.05) is 22.8 Å². The Morgan fingerprint density at radius 2 is 2.10 bits per heavy atom. The third-order valence-electron chi connectivity index (χ3n) is 3.53. The van der Waals surface area contributed by atoms with Gasteiger partial charge in [-0.05, 0) is 18.6 Å². The summed E-state index contributed by atoms with van der Waals surface area (Å²) >= 11 is 8.18. The van der Waals surface area contributed by atoms with Crippen molar-refractivity contribution in [3.8, 4) is 0 Å². The maximum Gasteiger partial charge on any atom is 0.137 e. The van der Waals surface area contributed by atoms with E-state index in [1.54, 1.807) is 0 Å². The zero-order chi connectivity index (χ0) is 14.8. The Morgan fingerprint density at radius 3 is 2.75 bits per heavy atom. The van der Waals surface area contributed by atoms with E-state index in [0.717, 1.165) is 11.6 Å². The van der Waals surface area contributed by atoms with E-state index in [-0.39, 0.29) is 5.41 Å². The van der Waals surface area contributed by atoms with Crippen LogP contribution in [0.15, 0.2) is 6.07 Å². The van der Waals surface area contributed by atoms with Crippen LogP contribution in [0.2, 0.25) is 5.15 Å². The van der Waals surface area contributed by atoms with Crippen LogP contribution < -0.4 is 5.32 Å². The summed E-state index contributed by atoms with van der Waals surface area (Å²) in [5.74, 6) is 2.83. The van der Waals surface area contributed by atoms with Gasteiger partial charge >= 0.3 is 0 Å². The van der Waals surface area contributed by atoms with Crippen LogP contribution >= 0.6 is 23.4 Å². The van der Waals surface area contributed by atoms with E-state index in [4.69, 9.17) is 11.6 Å². The second kappa shape index (κ2) is 6.52. The number of rotatable bonds is 4. The molecule has 0 aromatic carbocycles. The van der Waals surface area contributed by atoms with Crippen LogP contribution in [0.4, 0.5) is 5.82 Å². The molecule has 0 aliphatic heterocycles. The van der Waals surface area contributed by atoms with E-state index in [9.17, 15) is 0 Å². The van der Waals surface area contributed by atoms with Crippen LogP contribution in [0.25, 0.3) is 0 Å². The highest BCUT2D eigenvalue weighted by atomic mass is 35.5. The van der Waals surface area contributed by atoms with Crippen molar-refractivity contribution in [2.75, 3.05) is 11.1 Å². The molecular weight excluding hydrogens is 290 g/mol. The van der Waals surface area contributed by atoms with Gasteiger partial charge in [-0.3, -0.25) is 0 Å². The third kappa shape index (κ3) is 4.01. The first-order valence-electron chi connectivity index (χ1n) is 7.33. The summed E-state index contributed by atoms with van der Waals surface area (Å²) in [4.78, 5) is 8.99. The molecule has 3 nitrogen and oxygen atoms in total. The summed E-state index contributed by atoms with van der Waals surface area (Å²) in [7, 11) is 0. The molecule has 0 radical (unpaired) electrons. The van der Waals surface area contributed by atoms with Crippen molar-refractivity contribution >= 4 is 29.2 Å². The molecule has 1 aliphatic rings. The fraction of sp³-hybridized carbons (Fsp3) is 0.733. The number of anilines is 1. The summed E-state index contributed by atoms with van der Waals surface area (Å²) in [6, 6.07) is 2.33. The van der Waals surface area contributed by atoms with E-state index < -0.39 is 0 Å². The van der Waals surface area contributed by atoms with Crippen molar-refractivity contribution < 1.29 is 0 Å². The topological polar surface area (TPSA) is 37.8 Å². The highest BCUT2D eigenvalue weighted by Gasteiger charge is 2.28. The van der Waals surface area contributed by atoms with Crippen molar-refractivity contribution in [1.29, 1.82) is 0 Å². The summed E-state index contributed by atoms with van der Waals surface area (Å²) in [6.07, 6.45) is 3.80.